The van der Waals surface area contributed by atoms with Gasteiger partial charge in [-0.1, -0.05) is 29.8 Å². The van der Waals surface area contributed by atoms with E-state index in [9.17, 15) is 14.4 Å². The van der Waals surface area contributed by atoms with Crippen LogP contribution in [0.5, 0.6) is 0 Å². The Morgan fingerprint density at radius 1 is 1.14 bits per heavy atom. The smallest absolute Gasteiger partial charge is 0.328 e. The first-order valence-electron chi connectivity index (χ1n) is 8.19. The predicted molar refractivity (Wildman–Crippen MR) is 105 cm³/mol. The van der Waals surface area contributed by atoms with E-state index in [4.69, 9.17) is 16.3 Å². The number of esters is 1. The summed E-state index contributed by atoms with van der Waals surface area (Å²) >= 11 is 6.99. The zero-order valence-electron chi connectivity index (χ0n) is 14.6. The summed E-state index contributed by atoms with van der Waals surface area (Å²) in [6.45, 7) is 0.954. The minimum atomic E-state index is -0.956. The molecule has 1 atom stereocenters. The Balaban J connectivity index is 1.52. The second-order valence-corrected chi connectivity index (χ2v) is 6.70. The van der Waals surface area contributed by atoms with Gasteiger partial charge in [0.2, 0.25) is 0 Å². The third kappa shape index (κ3) is 4.62. The van der Waals surface area contributed by atoms with Gasteiger partial charge in [0.25, 0.3) is 11.8 Å². The number of carbonyl (C=O) groups excluding carboxylic acids is 3. The normalized spacial score (nSPS) is 11.6. The zero-order valence-corrected chi connectivity index (χ0v) is 16.2. The number of nitrogens with zero attached hydrogens (tertiary/aromatic N) is 2. The van der Waals surface area contributed by atoms with Crippen LogP contribution < -0.4 is 10.6 Å². The zero-order chi connectivity index (χ0) is 20.1. The molecule has 1 heterocycles. The highest BCUT2D eigenvalue weighted by molar-refractivity contribution is 7.00. The van der Waals surface area contributed by atoms with Crippen molar-refractivity contribution in [3.63, 3.8) is 0 Å². The number of halogens is 1. The van der Waals surface area contributed by atoms with Gasteiger partial charge in [-0.3, -0.25) is 9.59 Å². The third-order valence-corrected chi connectivity index (χ3v) is 4.60. The average molecular weight is 419 g/mol. The monoisotopic (exact) mass is 418 g/mol. The molecule has 0 fully saturated rings. The van der Waals surface area contributed by atoms with Crippen LogP contribution in [0, 0.1) is 0 Å². The molecule has 1 aromatic heterocycles. The Kier molecular flexibility index (Phi) is 6.17. The van der Waals surface area contributed by atoms with Gasteiger partial charge in [0.15, 0.2) is 6.61 Å². The summed E-state index contributed by atoms with van der Waals surface area (Å²) in [5, 5.41) is 5.38. The number of anilines is 1. The van der Waals surface area contributed by atoms with Crippen LogP contribution in [0.25, 0.3) is 11.0 Å². The molecule has 144 valence electrons. The van der Waals surface area contributed by atoms with Gasteiger partial charge in [0.05, 0.1) is 28.0 Å². The number of rotatable bonds is 6. The van der Waals surface area contributed by atoms with E-state index in [2.05, 4.69) is 19.4 Å². The Bertz CT molecular complexity index is 1040. The fraction of sp³-hybridized carbons (Fsp3) is 0.167. The van der Waals surface area contributed by atoms with E-state index in [1.54, 1.807) is 36.4 Å². The van der Waals surface area contributed by atoms with Crippen LogP contribution in [0.3, 0.4) is 0 Å². The van der Waals surface area contributed by atoms with Gasteiger partial charge in [-0.25, -0.2) is 4.79 Å². The van der Waals surface area contributed by atoms with Gasteiger partial charge >= 0.3 is 5.97 Å². The molecule has 8 nitrogen and oxygen atoms in total. The Morgan fingerprint density at radius 3 is 2.71 bits per heavy atom. The number of ether oxygens (including phenoxy) is 1. The molecule has 0 bridgehead atoms. The van der Waals surface area contributed by atoms with Crippen LogP contribution in [-0.4, -0.2) is 39.2 Å². The minimum absolute atomic E-state index is 0.242. The summed E-state index contributed by atoms with van der Waals surface area (Å²) in [5.74, 6) is -1.79. The van der Waals surface area contributed by atoms with Crippen molar-refractivity contribution in [1.29, 1.82) is 0 Å². The molecule has 2 amide bonds. The fourth-order valence-corrected chi connectivity index (χ4v) is 3.10. The average Bonchev–Trinajstić information content (AvgIpc) is 3.16. The topological polar surface area (TPSA) is 110 Å². The minimum Gasteiger partial charge on any atom is -0.454 e. The van der Waals surface area contributed by atoms with E-state index in [0.29, 0.717) is 16.7 Å². The van der Waals surface area contributed by atoms with Gasteiger partial charge < -0.3 is 15.4 Å². The van der Waals surface area contributed by atoms with E-state index in [-0.39, 0.29) is 10.6 Å². The van der Waals surface area contributed by atoms with Crippen molar-refractivity contribution in [1.82, 2.24) is 14.1 Å². The standard InChI is InChI=1S/C18H15ClN4O4S/c1-10(20-17(25)11-5-2-3-6-12(11)19)18(26)27-9-15(24)21-13-7-4-8-14-16(13)23-28-22-14/h2-8,10H,9H2,1H3,(H,20,25)(H,21,24). The largest absolute Gasteiger partial charge is 0.454 e. The van der Waals surface area contributed by atoms with Crippen LogP contribution in [0.2, 0.25) is 5.02 Å². The van der Waals surface area contributed by atoms with Crippen molar-refractivity contribution in [2.45, 2.75) is 13.0 Å². The van der Waals surface area contributed by atoms with Crippen molar-refractivity contribution in [3.8, 4) is 0 Å². The molecule has 28 heavy (non-hydrogen) atoms. The van der Waals surface area contributed by atoms with E-state index < -0.39 is 30.4 Å². The number of amides is 2. The van der Waals surface area contributed by atoms with Crippen molar-refractivity contribution in [3.05, 3.63) is 53.1 Å². The van der Waals surface area contributed by atoms with E-state index in [1.165, 1.54) is 13.0 Å². The highest BCUT2D eigenvalue weighted by atomic mass is 35.5. The first-order chi connectivity index (χ1) is 13.5. The number of carbonyl (C=O) groups is 3. The number of fused-ring (bicyclic) bond motifs is 1. The van der Waals surface area contributed by atoms with E-state index >= 15 is 0 Å². The lowest BCUT2D eigenvalue weighted by Crippen LogP contribution is -2.40. The molecule has 0 saturated carbocycles. The predicted octanol–water partition coefficient (Wildman–Crippen LogP) is 2.64. The maximum atomic E-state index is 12.2. The van der Waals surface area contributed by atoms with Gasteiger partial charge in [0, 0.05) is 0 Å². The molecule has 10 heteroatoms. The number of hydrogen-bond donors (Lipinski definition) is 2. The molecule has 0 aliphatic carbocycles. The van der Waals surface area contributed by atoms with Gasteiger partial charge in [-0.2, -0.15) is 8.75 Å². The quantitative estimate of drug-likeness (QED) is 0.595. The number of hydrogen-bond acceptors (Lipinski definition) is 7. The first-order valence-corrected chi connectivity index (χ1v) is 9.29. The van der Waals surface area contributed by atoms with Crippen molar-refractivity contribution >= 4 is 57.8 Å². The van der Waals surface area contributed by atoms with Crippen LogP contribution in [0.15, 0.2) is 42.5 Å². The number of aromatic nitrogens is 2. The summed E-state index contributed by atoms with van der Waals surface area (Å²) in [5.41, 5.74) is 1.95. The summed E-state index contributed by atoms with van der Waals surface area (Å²) in [4.78, 5) is 36.3. The summed E-state index contributed by atoms with van der Waals surface area (Å²) < 4.78 is 13.2. The van der Waals surface area contributed by atoms with E-state index in [1.807, 2.05) is 0 Å². The molecule has 3 aromatic rings. The van der Waals surface area contributed by atoms with Gasteiger partial charge in [-0.15, -0.1) is 0 Å². The number of nitrogens with one attached hydrogen (secondary N) is 2. The highest BCUT2D eigenvalue weighted by Crippen LogP contribution is 2.21. The lowest BCUT2D eigenvalue weighted by molar-refractivity contribution is -0.148. The second kappa shape index (κ2) is 8.77. The Morgan fingerprint density at radius 2 is 1.93 bits per heavy atom. The molecule has 1 unspecified atom stereocenters. The first kappa shape index (κ1) is 19.7. The number of benzene rings is 2. The lowest BCUT2D eigenvalue weighted by atomic mass is 10.2. The highest BCUT2D eigenvalue weighted by Gasteiger charge is 2.20. The van der Waals surface area contributed by atoms with Gasteiger partial charge in [0.1, 0.15) is 17.1 Å². The summed E-state index contributed by atoms with van der Waals surface area (Å²) in [7, 11) is 0. The molecular weight excluding hydrogens is 404 g/mol. The molecule has 2 N–H and O–H groups in total. The van der Waals surface area contributed by atoms with Crippen molar-refractivity contribution in [2.24, 2.45) is 0 Å². The molecule has 3 rings (SSSR count). The molecule has 2 aromatic carbocycles. The van der Waals surface area contributed by atoms with Crippen LogP contribution in [-0.2, 0) is 14.3 Å². The van der Waals surface area contributed by atoms with Gasteiger partial charge in [-0.05, 0) is 31.2 Å². The maximum absolute atomic E-state index is 12.2. The second-order valence-electron chi connectivity index (χ2n) is 5.77. The van der Waals surface area contributed by atoms with E-state index in [0.717, 1.165) is 11.7 Å². The molecular formula is C18H15ClN4O4S. The van der Waals surface area contributed by atoms with Crippen LogP contribution in [0.4, 0.5) is 5.69 Å². The Labute approximate surface area is 169 Å². The molecule has 0 saturated heterocycles. The molecule has 0 spiro atoms. The molecule has 0 radical (unpaired) electrons. The maximum Gasteiger partial charge on any atom is 0.328 e. The summed E-state index contributed by atoms with van der Waals surface area (Å²) in [6, 6.07) is 10.7. The Hall–Kier alpha value is -3.04. The lowest BCUT2D eigenvalue weighted by Gasteiger charge is -2.14. The third-order valence-electron chi connectivity index (χ3n) is 3.73. The van der Waals surface area contributed by atoms with Crippen molar-refractivity contribution in [2.75, 3.05) is 11.9 Å². The van der Waals surface area contributed by atoms with Crippen molar-refractivity contribution < 1.29 is 19.1 Å². The van der Waals surface area contributed by atoms with Crippen LogP contribution >= 0.6 is 23.3 Å². The summed E-state index contributed by atoms with van der Waals surface area (Å²) in [6.07, 6.45) is 0. The molecule has 0 aliphatic heterocycles. The van der Waals surface area contributed by atoms with Crippen LogP contribution in [0.1, 0.15) is 17.3 Å². The SMILES string of the molecule is CC(NC(=O)c1ccccc1Cl)C(=O)OCC(=O)Nc1cccc2nsnc12. The molecule has 0 aliphatic rings. The fourth-order valence-electron chi connectivity index (χ4n) is 2.33.